The van der Waals surface area contributed by atoms with Crippen LogP contribution in [0.15, 0.2) is 17.0 Å². The molecule has 3 N–H and O–H groups in total. The molecule has 1 unspecified atom stereocenters. The first-order valence-electron chi connectivity index (χ1n) is 5.52. The summed E-state index contributed by atoms with van der Waals surface area (Å²) in [5.74, 6) is 1.62. The van der Waals surface area contributed by atoms with Gasteiger partial charge in [-0.25, -0.2) is 17.5 Å². The fraction of sp³-hybridized carbons (Fsp3) is 0.333. The van der Waals surface area contributed by atoms with Gasteiger partial charge in [-0.05, 0) is 18.6 Å². The van der Waals surface area contributed by atoms with Crippen LogP contribution in [-0.2, 0) is 10.0 Å². The lowest BCUT2D eigenvalue weighted by molar-refractivity contribution is 0.544. The summed E-state index contributed by atoms with van der Waals surface area (Å²) in [4.78, 5) is -0.261. The van der Waals surface area contributed by atoms with Gasteiger partial charge in [-0.2, -0.15) is 0 Å². The Morgan fingerprint density at radius 1 is 1.58 bits per heavy atom. The Morgan fingerprint density at radius 2 is 2.21 bits per heavy atom. The Labute approximate surface area is 117 Å². The molecular formula is C12H14ClFN2O2S. The average Bonchev–Trinajstić information content (AvgIpc) is 2.32. The van der Waals surface area contributed by atoms with Crippen molar-refractivity contribution in [3.8, 4) is 12.3 Å². The molecule has 19 heavy (non-hydrogen) atoms. The Hall–Kier alpha value is -1.29. The van der Waals surface area contributed by atoms with Crippen LogP contribution in [0.25, 0.3) is 0 Å². The number of rotatable bonds is 5. The highest BCUT2D eigenvalue weighted by Gasteiger charge is 2.22. The zero-order valence-electron chi connectivity index (χ0n) is 10.3. The molecule has 0 fully saturated rings. The Bertz CT molecular complexity index is 611. The molecular weight excluding hydrogens is 291 g/mol. The zero-order chi connectivity index (χ0) is 14.6. The number of hydrogen-bond donors (Lipinski definition) is 2. The lowest BCUT2D eigenvalue weighted by Crippen LogP contribution is -2.34. The van der Waals surface area contributed by atoms with Crippen LogP contribution < -0.4 is 10.5 Å². The summed E-state index contributed by atoms with van der Waals surface area (Å²) in [7, 11) is -3.89. The molecule has 1 rings (SSSR count). The predicted molar refractivity (Wildman–Crippen MR) is 73.7 cm³/mol. The number of anilines is 1. The number of nitrogens with one attached hydrogen (secondary N) is 1. The van der Waals surface area contributed by atoms with E-state index >= 15 is 0 Å². The number of hydrogen-bond acceptors (Lipinski definition) is 3. The number of nitrogen functional groups attached to an aromatic ring is 1. The highest BCUT2D eigenvalue weighted by atomic mass is 35.5. The maximum atomic E-state index is 13.1. The quantitative estimate of drug-likeness (QED) is 0.646. The van der Waals surface area contributed by atoms with Crippen molar-refractivity contribution < 1.29 is 12.8 Å². The van der Waals surface area contributed by atoms with Crippen LogP contribution in [0, 0.1) is 18.2 Å². The summed E-state index contributed by atoms with van der Waals surface area (Å²) in [5.41, 5.74) is 5.07. The van der Waals surface area contributed by atoms with Crippen molar-refractivity contribution in [3.05, 3.63) is 23.0 Å². The molecule has 0 saturated carbocycles. The van der Waals surface area contributed by atoms with Crippen LogP contribution >= 0.6 is 11.6 Å². The van der Waals surface area contributed by atoms with Crippen molar-refractivity contribution in [2.24, 2.45) is 0 Å². The SMILES string of the molecule is C#CCC(CC)NS(=O)(=O)c1cc(N)c(F)cc1Cl. The molecule has 4 nitrogen and oxygen atoms in total. The van der Waals surface area contributed by atoms with E-state index in [0.717, 1.165) is 12.1 Å². The minimum absolute atomic E-state index is 0.227. The third-order valence-corrected chi connectivity index (χ3v) is 4.50. The van der Waals surface area contributed by atoms with Crippen molar-refractivity contribution in [1.82, 2.24) is 4.72 Å². The molecule has 0 bridgehead atoms. The summed E-state index contributed by atoms with van der Waals surface area (Å²) in [5, 5.41) is -0.227. The minimum Gasteiger partial charge on any atom is -0.396 e. The van der Waals surface area contributed by atoms with Gasteiger partial charge in [-0.15, -0.1) is 12.3 Å². The van der Waals surface area contributed by atoms with Gasteiger partial charge in [0.05, 0.1) is 10.7 Å². The second-order valence-electron chi connectivity index (χ2n) is 3.94. The predicted octanol–water partition coefficient (Wildman–Crippen LogP) is 2.14. The summed E-state index contributed by atoms with van der Waals surface area (Å²) in [6.45, 7) is 1.80. The van der Waals surface area contributed by atoms with Gasteiger partial charge in [0.15, 0.2) is 0 Å². The van der Waals surface area contributed by atoms with E-state index in [0.29, 0.717) is 6.42 Å². The van der Waals surface area contributed by atoms with Crippen LogP contribution in [0.3, 0.4) is 0 Å². The topological polar surface area (TPSA) is 72.2 Å². The number of nitrogens with two attached hydrogens (primary N) is 1. The van der Waals surface area contributed by atoms with Gasteiger partial charge in [0.2, 0.25) is 10.0 Å². The second kappa shape index (κ2) is 6.24. The summed E-state index contributed by atoms with van der Waals surface area (Å²) in [6.07, 6.45) is 5.94. The van der Waals surface area contributed by atoms with Gasteiger partial charge < -0.3 is 5.73 Å². The Morgan fingerprint density at radius 3 is 2.74 bits per heavy atom. The third-order valence-electron chi connectivity index (χ3n) is 2.52. The van der Waals surface area contributed by atoms with Gasteiger partial charge in [-0.3, -0.25) is 0 Å². The zero-order valence-corrected chi connectivity index (χ0v) is 11.9. The van der Waals surface area contributed by atoms with Crippen molar-refractivity contribution in [2.75, 3.05) is 5.73 Å². The second-order valence-corrected chi connectivity index (χ2v) is 6.03. The molecule has 0 spiro atoms. The normalized spacial score (nSPS) is 12.9. The van der Waals surface area contributed by atoms with Crippen molar-refractivity contribution >= 4 is 27.3 Å². The van der Waals surface area contributed by atoms with E-state index in [1.165, 1.54) is 0 Å². The fourth-order valence-corrected chi connectivity index (χ4v) is 3.31. The lowest BCUT2D eigenvalue weighted by atomic mass is 10.2. The average molecular weight is 305 g/mol. The van der Waals surface area contributed by atoms with E-state index in [-0.39, 0.29) is 22.0 Å². The smallest absolute Gasteiger partial charge is 0.242 e. The van der Waals surface area contributed by atoms with E-state index in [1.54, 1.807) is 6.92 Å². The first-order valence-corrected chi connectivity index (χ1v) is 7.38. The van der Waals surface area contributed by atoms with Crippen LogP contribution in [-0.4, -0.2) is 14.5 Å². The first-order chi connectivity index (χ1) is 8.81. The molecule has 0 aliphatic heterocycles. The lowest BCUT2D eigenvalue weighted by Gasteiger charge is -2.15. The van der Waals surface area contributed by atoms with Crippen LogP contribution in [0.2, 0.25) is 5.02 Å². The molecule has 1 atom stereocenters. The van der Waals surface area contributed by atoms with E-state index in [9.17, 15) is 12.8 Å². The monoisotopic (exact) mass is 304 g/mol. The van der Waals surface area contributed by atoms with E-state index in [2.05, 4.69) is 10.6 Å². The van der Waals surface area contributed by atoms with E-state index < -0.39 is 21.9 Å². The summed E-state index contributed by atoms with van der Waals surface area (Å²) < 4.78 is 39.8. The number of sulfonamides is 1. The number of benzene rings is 1. The van der Waals surface area contributed by atoms with Gasteiger partial charge in [0.1, 0.15) is 10.7 Å². The molecule has 104 valence electrons. The fourth-order valence-electron chi connectivity index (χ4n) is 1.45. The van der Waals surface area contributed by atoms with E-state index in [4.69, 9.17) is 23.8 Å². The van der Waals surface area contributed by atoms with Crippen LogP contribution in [0.1, 0.15) is 19.8 Å². The standard InChI is InChI=1S/C12H14ClFN2O2S/c1-3-5-8(4-2)16-19(17,18)12-7-11(15)10(14)6-9(12)13/h1,6-8,16H,4-5,15H2,2H3. The minimum atomic E-state index is -3.89. The van der Waals surface area contributed by atoms with Crippen molar-refractivity contribution in [3.63, 3.8) is 0 Å². The molecule has 7 heteroatoms. The maximum Gasteiger partial charge on any atom is 0.242 e. The van der Waals surface area contributed by atoms with E-state index in [1.807, 2.05) is 0 Å². The summed E-state index contributed by atoms with van der Waals surface area (Å²) in [6, 6.07) is 1.45. The highest BCUT2D eigenvalue weighted by Crippen LogP contribution is 2.26. The molecule has 0 amide bonds. The maximum absolute atomic E-state index is 13.1. The van der Waals surface area contributed by atoms with Crippen LogP contribution in [0.5, 0.6) is 0 Å². The molecule has 1 aromatic rings. The highest BCUT2D eigenvalue weighted by molar-refractivity contribution is 7.89. The van der Waals surface area contributed by atoms with Gasteiger partial charge in [-0.1, -0.05) is 18.5 Å². The molecule has 0 aliphatic carbocycles. The largest absolute Gasteiger partial charge is 0.396 e. The molecule has 1 aromatic carbocycles. The van der Waals surface area contributed by atoms with Gasteiger partial charge in [0, 0.05) is 12.5 Å². The number of terminal acetylenes is 1. The summed E-state index contributed by atoms with van der Waals surface area (Å²) >= 11 is 5.73. The van der Waals surface area contributed by atoms with Gasteiger partial charge in [0.25, 0.3) is 0 Å². The first kappa shape index (κ1) is 15.8. The van der Waals surface area contributed by atoms with Crippen molar-refractivity contribution in [2.45, 2.75) is 30.7 Å². The molecule has 0 saturated heterocycles. The third kappa shape index (κ3) is 3.83. The number of halogens is 2. The molecule has 0 aromatic heterocycles. The Balaban J connectivity index is 3.14. The molecule has 0 heterocycles. The van der Waals surface area contributed by atoms with Crippen molar-refractivity contribution in [1.29, 1.82) is 0 Å². The van der Waals surface area contributed by atoms with Crippen LogP contribution in [0.4, 0.5) is 10.1 Å². The Kier molecular flexibility index (Phi) is 5.18. The van der Waals surface area contributed by atoms with Gasteiger partial charge >= 0.3 is 0 Å². The molecule has 0 aliphatic rings. The molecule has 0 radical (unpaired) electrons.